The zero-order valence-electron chi connectivity index (χ0n) is 34.5. The Labute approximate surface area is 336 Å². The first-order valence-electron chi connectivity index (χ1n) is 19.6. The third kappa shape index (κ3) is 6.81. The fraction of sp³-hybridized carbons (Fsp3) is 0.422. The van der Waals surface area contributed by atoms with Crippen molar-refractivity contribution in [2.24, 2.45) is 11.8 Å². The van der Waals surface area contributed by atoms with Crippen LogP contribution in [0.3, 0.4) is 0 Å². The van der Waals surface area contributed by atoms with Gasteiger partial charge in [-0.3, -0.25) is 14.5 Å². The molecule has 2 aromatic carbocycles. The number of aromatic nitrogens is 2. The number of aliphatic hydroxyl groups excluding tert-OH is 1. The zero-order valence-corrected chi connectivity index (χ0v) is 35.5. The summed E-state index contributed by atoms with van der Waals surface area (Å²) >= 11 is 0. The van der Waals surface area contributed by atoms with Gasteiger partial charge in [0.1, 0.15) is 30.4 Å². The predicted octanol–water partition coefficient (Wildman–Crippen LogP) is 8.47. The highest BCUT2D eigenvalue weighted by molar-refractivity contribution is 6.74. The number of nitrogens with zero attached hydrogens (tertiary/aromatic N) is 4. The molecule has 0 radical (unpaired) electrons. The predicted molar refractivity (Wildman–Crippen MR) is 222 cm³/mol. The SMILES string of the molecule is C=CCc1nc(N(C)C)c2c(c1OCc1ccccc1)C(=O)C1=C(O)[C@]3(O[Si](C)(C)C(C)(C)C)C(=O)c4c(OCc5ccccc5)noc4[C@@H](N(C)C)[C@@H]3C[C@@H]1C2. The summed E-state index contributed by atoms with van der Waals surface area (Å²) in [5.41, 5.74) is 1.80. The quantitative estimate of drug-likeness (QED) is 0.110. The van der Waals surface area contributed by atoms with Gasteiger partial charge in [-0.2, -0.15) is 0 Å². The van der Waals surface area contributed by atoms with Crippen molar-refractivity contribution in [3.05, 3.63) is 124 Å². The van der Waals surface area contributed by atoms with Crippen LogP contribution in [0.1, 0.15) is 82.1 Å². The Balaban J connectivity index is 1.45. The molecule has 11 nitrogen and oxygen atoms in total. The minimum atomic E-state index is -2.89. The normalized spacial score (nSPS) is 21.8. The van der Waals surface area contributed by atoms with Gasteiger partial charge in [0, 0.05) is 37.6 Å². The van der Waals surface area contributed by atoms with Gasteiger partial charge in [0.05, 0.1) is 17.3 Å². The van der Waals surface area contributed by atoms with Crippen LogP contribution >= 0.6 is 0 Å². The Morgan fingerprint density at radius 1 is 0.965 bits per heavy atom. The van der Waals surface area contributed by atoms with Crippen molar-refractivity contribution < 1.29 is 33.1 Å². The van der Waals surface area contributed by atoms with Gasteiger partial charge in [-0.05, 0) is 67.3 Å². The summed E-state index contributed by atoms with van der Waals surface area (Å²) in [6.07, 6.45) is 2.81. The minimum absolute atomic E-state index is 0.0231. The van der Waals surface area contributed by atoms with Crippen LogP contribution in [0, 0.1) is 11.8 Å². The number of hydrogen-bond donors (Lipinski definition) is 1. The number of ether oxygens (including phenoxy) is 2. The van der Waals surface area contributed by atoms with E-state index in [0.29, 0.717) is 47.8 Å². The lowest BCUT2D eigenvalue weighted by molar-refractivity contribution is -0.0480. The first-order valence-corrected chi connectivity index (χ1v) is 22.5. The Morgan fingerprint density at radius 2 is 1.58 bits per heavy atom. The summed E-state index contributed by atoms with van der Waals surface area (Å²) in [6, 6.07) is 18.8. The number of carbonyl (C=O) groups is 2. The lowest BCUT2D eigenvalue weighted by atomic mass is 9.58. The zero-order chi connectivity index (χ0) is 41.0. The number of aliphatic hydroxyl groups is 1. The van der Waals surface area contributed by atoms with Crippen LogP contribution in [0.5, 0.6) is 11.6 Å². The highest BCUT2D eigenvalue weighted by atomic mass is 28.4. The number of hydrogen-bond acceptors (Lipinski definition) is 11. The summed E-state index contributed by atoms with van der Waals surface area (Å²) in [5, 5.41) is 17.1. The molecule has 0 saturated heterocycles. The van der Waals surface area contributed by atoms with E-state index in [4.69, 9.17) is 23.4 Å². The largest absolute Gasteiger partial charge is 0.508 e. The van der Waals surface area contributed by atoms with Gasteiger partial charge in [-0.1, -0.05) is 87.5 Å². The Bertz CT molecular complexity index is 2220. The molecule has 4 atom stereocenters. The molecule has 4 aromatic rings. The van der Waals surface area contributed by atoms with Crippen molar-refractivity contribution in [2.45, 2.75) is 83.0 Å². The van der Waals surface area contributed by atoms with Gasteiger partial charge in [0.2, 0.25) is 5.78 Å². The molecule has 0 amide bonds. The average molecular weight is 791 g/mol. The number of pyridine rings is 1. The van der Waals surface area contributed by atoms with E-state index in [1.807, 2.05) is 98.7 Å². The molecule has 1 N–H and O–H groups in total. The summed E-state index contributed by atoms with van der Waals surface area (Å²) in [4.78, 5) is 40.0. The van der Waals surface area contributed by atoms with Crippen molar-refractivity contribution in [1.82, 2.24) is 15.0 Å². The van der Waals surface area contributed by atoms with E-state index < -0.39 is 43.4 Å². The van der Waals surface area contributed by atoms with Crippen molar-refractivity contribution in [2.75, 3.05) is 33.1 Å². The lowest BCUT2D eigenvalue weighted by Gasteiger charge is -2.55. The number of benzene rings is 2. The van der Waals surface area contributed by atoms with Crippen LogP contribution in [-0.4, -0.2) is 73.8 Å². The number of ketones is 2. The molecule has 0 aliphatic heterocycles. The Hall–Kier alpha value is -5.04. The maximum atomic E-state index is 15.6. The van der Waals surface area contributed by atoms with Gasteiger partial charge < -0.3 is 28.4 Å². The van der Waals surface area contributed by atoms with E-state index in [2.05, 4.69) is 45.6 Å². The monoisotopic (exact) mass is 790 g/mol. The van der Waals surface area contributed by atoms with Gasteiger partial charge in [0.15, 0.2) is 31.2 Å². The molecular weight excluding hydrogens is 737 g/mol. The van der Waals surface area contributed by atoms with Crippen LogP contribution in [-0.2, 0) is 30.5 Å². The molecule has 3 aliphatic rings. The van der Waals surface area contributed by atoms with E-state index >= 15 is 9.59 Å². The number of carbonyl (C=O) groups excluding carboxylic acids is 2. The third-order valence-corrected chi connectivity index (χ3v) is 16.6. The maximum absolute atomic E-state index is 15.6. The molecule has 0 saturated carbocycles. The molecule has 0 spiro atoms. The van der Waals surface area contributed by atoms with E-state index in [1.165, 1.54) is 0 Å². The molecule has 7 rings (SSSR count). The van der Waals surface area contributed by atoms with Crippen LogP contribution < -0.4 is 14.4 Å². The molecule has 2 aromatic heterocycles. The second-order valence-corrected chi connectivity index (χ2v) is 22.1. The van der Waals surface area contributed by atoms with Crippen molar-refractivity contribution in [3.63, 3.8) is 0 Å². The van der Waals surface area contributed by atoms with E-state index in [0.717, 1.165) is 16.7 Å². The number of anilines is 1. The maximum Gasteiger partial charge on any atom is 0.265 e. The Morgan fingerprint density at radius 3 is 2.14 bits per heavy atom. The Kier molecular flexibility index (Phi) is 10.6. The van der Waals surface area contributed by atoms with Gasteiger partial charge >= 0.3 is 0 Å². The summed E-state index contributed by atoms with van der Waals surface area (Å²) in [5.74, 6) is -1.02. The van der Waals surface area contributed by atoms with Gasteiger partial charge in [0.25, 0.3) is 5.88 Å². The summed E-state index contributed by atoms with van der Waals surface area (Å²) < 4.78 is 26.1. The molecule has 0 unspecified atom stereocenters. The van der Waals surface area contributed by atoms with Crippen LogP contribution in [0.15, 0.2) is 89.2 Å². The first kappa shape index (κ1) is 40.2. The van der Waals surface area contributed by atoms with E-state index in [-0.39, 0.29) is 41.0 Å². The second kappa shape index (κ2) is 15.0. The van der Waals surface area contributed by atoms with Crippen LogP contribution in [0.2, 0.25) is 18.1 Å². The molecule has 300 valence electrons. The molecule has 12 heteroatoms. The average Bonchev–Trinajstić information content (AvgIpc) is 3.58. The molecule has 57 heavy (non-hydrogen) atoms. The van der Waals surface area contributed by atoms with Crippen LogP contribution in [0.4, 0.5) is 5.82 Å². The molecule has 0 bridgehead atoms. The lowest BCUT2D eigenvalue weighted by Crippen LogP contribution is -2.65. The van der Waals surface area contributed by atoms with Gasteiger partial charge in [-0.25, -0.2) is 4.98 Å². The number of fused-ring (bicyclic) bond motifs is 4. The van der Waals surface area contributed by atoms with Crippen molar-refractivity contribution in [3.8, 4) is 11.6 Å². The fourth-order valence-electron chi connectivity index (χ4n) is 8.46. The highest BCUT2D eigenvalue weighted by Gasteiger charge is 2.67. The molecule has 2 heterocycles. The summed E-state index contributed by atoms with van der Waals surface area (Å²) in [6.45, 7) is 14.7. The molecular formula is C45H54N4O7Si. The minimum Gasteiger partial charge on any atom is -0.508 e. The topological polar surface area (TPSA) is 127 Å². The van der Waals surface area contributed by atoms with Crippen molar-refractivity contribution >= 4 is 25.7 Å². The smallest absolute Gasteiger partial charge is 0.265 e. The van der Waals surface area contributed by atoms with Gasteiger partial charge in [-0.15, -0.1) is 6.58 Å². The van der Waals surface area contributed by atoms with E-state index in [9.17, 15) is 5.11 Å². The summed E-state index contributed by atoms with van der Waals surface area (Å²) in [7, 11) is 4.75. The number of rotatable bonds is 12. The first-order chi connectivity index (χ1) is 27.0. The van der Waals surface area contributed by atoms with Crippen molar-refractivity contribution in [1.29, 1.82) is 0 Å². The third-order valence-electron chi connectivity index (χ3n) is 12.2. The van der Waals surface area contributed by atoms with Crippen LogP contribution in [0.25, 0.3) is 0 Å². The standard InChI is InChI=1S/C45H54N4O7Si/c1-11-18-32-38(53-25-27-19-14-12-15-20-27)34-30(42(46-32)49(7)8)23-29-24-31-36(48(5)6)39-35(43(47-55-39)54-26-28-21-16-13-17-22-28)41(52)45(31,40(51)33(29)37(34)50)56-57(9,10)44(2,3)4/h11-17,19-22,29,31,36,51H,1,18,23-26H2,2-10H3/t29-,31-,36-,45-/m0/s1. The molecule has 3 aliphatic carbocycles. The molecule has 0 fully saturated rings. The van der Waals surface area contributed by atoms with E-state index in [1.54, 1.807) is 6.08 Å². The number of Topliss-reactive ketones (excluding diaryl/α,β-unsaturated/α-hetero) is 2. The fourth-order valence-corrected chi connectivity index (χ4v) is 9.91. The highest BCUT2D eigenvalue weighted by Crippen LogP contribution is 2.60. The second-order valence-electron chi connectivity index (χ2n) is 17.4. The number of allylic oxidation sites excluding steroid dienone is 2.